The number of hydrogen-bond acceptors (Lipinski definition) is 5. The van der Waals surface area contributed by atoms with Gasteiger partial charge in [0, 0.05) is 19.1 Å². The van der Waals surface area contributed by atoms with Crippen molar-refractivity contribution in [2.45, 2.75) is 44.9 Å². The molecule has 7 heteroatoms. The molecule has 1 N–H and O–H groups in total. The van der Waals surface area contributed by atoms with Crippen LogP contribution in [0.1, 0.15) is 26.1 Å². The molecule has 0 aliphatic heterocycles. The Morgan fingerprint density at radius 2 is 2.21 bits per heavy atom. The fourth-order valence-corrected chi connectivity index (χ4v) is 2.37. The maximum Gasteiger partial charge on any atom is 0.313 e. The van der Waals surface area contributed by atoms with Gasteiger partial charge in [-0.3, -0.25) is 4.79 Å². The molecule has 0 fully saturated rings. The van der Waals surface area contributed by atoms with Crippen LogP contribution in [0.3, 0.4) is 0 Å². The second-order valence-electron chi connectivity index (χ2n) is 4.60. The van der Waals surface area contributed by atoms with Crippen LogP contribution in [0.4, 0.5) is 0 Å². The SMILES string of the molecule is CCC(C)N(C)CCn1c(C)nnc1SCC(=O)O. The maximum absolute atomic E-state index is 10.6. The first-order valence-corrected chi connectivity index (χ1v) is 7.38. The van der Waals surface area contributed by atoms with Crippen molar-refractivity contribution in [1.29, 1.82) is 0 Å². The number of likely N-dealkylation sites (N-methyl/N-ethyl adjacent to an activating group) is 1. The minimum Gasteiger partial charge on any atom is -0.481 e. The number of carboxylic acids is 1. The summed E-state index contributed by atoms with van der Waals surface area (Å²) in [5, 5.41) is 17.4. The number of carboxylic acid groups (broad SMARTS) is 1. The van der Waals surface area contributed by atoms with Crippen LogP contribution < -0.4 is 0 Å². The Morgan fingerprint density at radius 3 is 2.79 bits per heavy atom. The van der Waals surface area contributed by atoms with Crippen molar-refractivity contribution in [3.8, 4) is 0 Å². The Labute approximate surface area is 118 Å². The van der Waals surface area contributed by atoms with Gasteiger partial charge >= 0.3 is 5.97 Å². The van der Waals surface area contributed by atoms with E-state index in [1.165, 1.54) is 11.8 Å². The van der Waals surface area contributed by atoms with Crippen LogP contribution in [0.15, 0.2) is 5.16 Å². The number of thioether (sulfide) groups is 1. The van der Waals surface area contributed by atoms with Gasteiger partial charge in [0.1, 0.15) is 5.82 Å². The van der Waals surface area contributed by atoms with Crippen LogP contribution in [-0.4, -0.2) is 56.1 Å². The Hall–Kier alpha value is -1.08. The molecule has 19 heavy (non-hydrogen) atoms. The molecular weight excluding hydrogens is 264 g/mol. The zero-order valence-electron chi connectivity index (χ0n) is 12.0. The van der Waals surface area contributed by atoms with Crippen LogP contribution in [0.2, 0.25) is 0 Å². The van der Waals surface area contributed by atoms with E-state index in [1.54, 1.807) is 0 Å². The highest BCUT2D eigenvalue weighted by Crippen LogP contribution is 2.16. The summed E-state index contributed by atoms with van der Waals surface area (Å²) in [5.41, 5.74) is 0. The Bertz CT molecular complexity index is 422. The Morgan fingerprint density at radius 1 is 1.53 bits per heavy atom. The predicted molar refractivity (Wildman–Crippen MR) is 75.5 cm³/mol. The molecule has 0 aliphatic carbocycles. The number of nitrogens with zero attached hydrogens (tertiary/aromatic N) is 4. The molecule has 0 spiro atoms. The quantitative estimate of drug-likeness (QED) is 0.730. The largest absolute Gasteiger partial charge is 0.481 e. The third kappa shape index (κ3) is 4.83. The first-order valence-electron chi connectivity index (χ1n) is 6.40. The van der Waals surface area contributed by atoms with E-state index >= 15 is 0 Å². The molecule has 1 atom stereocenters. The summed E-state index contributed by atoms with van der Waals surface area (Å²) < 4.78 is 1.98. The summed E-state index contributed by atoms with van der Waals surface area (Å²) in [6.07, 6.45) is 1.11. The van der Waals surface area contributed by atoms with Gasteiger partial charge in [-0.25, -0.2) is 0 Å². The lowest BCUT2D eigenvalue weighted by Gasteiger charge is -2.23. The van der Waals surface area contributed by atoms with Crippen molar-refractivity contribution in [2.24, 2.45) is 0 Å². The first kappa shape index (κ1) is 16.0. The van der Waals surface area contributed by atoms with Crippen LogP contribution in [0.5, 0.6) is 0 Å². The fourth-order valence-electron chi connectivity index (χ4n) is 1.64. The van der Waals surface area contributed by atoms with Crippen molar-refractivity contribution >= 4 is 17.7 Å². The van der Waals surface area contributed by atoms with Gasteiger partial charge in [-0.15, -0.1) is 10.2 Å². The molecule has 0 saturated heterocycles. The van der Waals surface area contributed by atoms with E-state index in [-0.39, 0.29) is 5.75 Å². The van der Waals surface area contributed by atoms with E-state index in [2.05, 4.69) is 36.0 Å². The monoisotopic (exact) mass is 286 g/mol. The average Bonchev–Trinajstić information content (AvgIpc) is 2.73. The smallest absolute Gasteiger partial charge is 0.313 e. The molecule has 0 aliphatic rings. The van der Waals surface area contributed by atoms with Crippen molar-refractivity contribution < 1.29 is 9.90 Å². The second-order valence-corrected chi connectivity index (χ2v) is 5.54. The van der Waals surface area contributed by atoms with Gasteiger partial charge in [-0.1, -0.05) is 18.7 Å². The van der Waals surface area contributed by atoms with E-state index in [1.807, 2.05) is 11.5 Å². The molecule has 1 rings (SSSR count). The van der Waals surface area contributed by atoms with Crippen molar-refractivity contribution in [1.82, 2.24) is 19.7 Å². The van der Waals surface area contributed by atoms with Gasteiger partial charge in [0.05, 0.1) is 5.75 Å². The van der Waals surface area contributed by atoms with E-state index in [0.29, 0.717) is 11.2 Å². The standard InChI is InChI=1S/C12H22N4O2S/c1-5-9(2)15(4)6-7-16-10(3)13-14-12(16)19-8-11(17)18/h9H,5-8H2,1-4H3,(H,17,18). The number of aryl methyl sites for hydroxylation is 1. The van der Waals surface area contributed by atoms with Gasteiger partial charge in [0.2, 0.25) is 0 Å². The summed E-state index contributed by atoms with van der Waals surface area (Å²) in [7, 11) is 2.10. The first-order chi connectivity index (χ1) is 8.95. The second kappa shape index (κ2) is 7.49. The molecule has 0 amide bonds. The molecule has 1 aromatic rings. The molecule has 108 valence electrons. The van der Waals surface area contributed by atoms with Gasteiger partial charge < -0.3 is 14.6 Å². The molecule has 0 aromatic carbocycles. The van der Waals surface area contributed by atoms with Crippen molar-refractivity contribution in [3.63, 3.8) is 0 Å². The fraction of sp³-hybridized carbons (Fsp3) is 0.750. The zero-order chi connectivity index (χ0) is 14.4. The van der Waals surface area contributed by atoms with Crippen LogP contribution in [-0.2, 0) is 11.3 Å². The van der Waals surface area contributed by atoms with Gasteiger partial charge in [0.25, 0.3) is 0 Å². The summed E-state index contributed by atoms with van der Waals surface area (Å²) in [5.74, 6) is -0.00125. The lowest BCUT2D eigenvalue weighted by molar-refractivity contribution is -0.133. The molecule has 6 nitrogen and oxygen atoms in total. The summed E-state index contributed by atoms with van der Waals surface area (Å²) in [6, 6.07) is 0.534. The summed E-state index contributed by atoms with van der Waals surface area (Å²) >= 11 is 1.21. The van der Waals surface area contributed by atoms with Crippen molar-refractivity contribution in [3.05, 3.63) is 5.82 Å². The zero-order valence-corrected chi connectivity index (χ0v) is 12.8. The number of rotatable bonds is 8. The van der Waals surface area contributed by atoms with Crippen molar-refractivity contribution in [2.75, 3.05) is 19.3 Å². The molecule has 0 bridgehead atoms. The highest BCUT2D eigenvalue weighted by atomic mass is 32.2. The van der Waals surface area contributed by atoms with Gasteiger partial charge in [-0.05, 0) is 27.3 Å². The maximum atomic E-state index is 10.6. The predicted octanol–water partition coefficient (Wildman–Crippen LogP) is 1.49. The van der Waals surface area contributed by atoms with Crippen LogP contribution >= 0.6 is 11.8 Å². The average molecular weight is 286 g/mol. The minimum atomic E-state index is -0.839. The number of aliphatic carboxylic acids is 1. The van der Waals surface area contributed by atoms with E-state index < -0.39 is 5.97 Å². The lowest BCUT2D eigenvalue weighted by Crippen LogP contribution is -2.31. The van der Waals surface area contributed by atoms with Crippen LogP contribution in [0.25, 0.3) is 0 Å². The molecule has 1 unspecified atom stereocenters. The topological polar surface area (TPSA) is 71.2 Å². The highest BCUT2D eigenvalue weighted by molar-refractivity contribution is 7.99. The molecule has 1 heterocycles. The molecule has 1 aromatic heterocycles. The van der Waals surface area contributed by atoms with E-state index in [9.17, 15) is 4.79 Å². The van der Waals surface area contributed by atoms with Gasteiger partial charge in [-0.2, -0.15) is 0 Å². The van der Waals surface area contributed by atoms with Crippen LogP contribution in [0, 0.1) is 6.92 Å². The number of carbonyl (C=O) groups is 1. The van der Waals surface area contributed by atoms with E-state index in [0.717, 1.165) is 25.3 Å². The number of hydrogen-bond donors (Lipinski definition) is 1. The Kier molecular flexibility index (Phi) is 6.30. The Balaban J connectivity index is 2.61. The number of aromatic nitrogens is 3. The minimum absolute atomic E-state index is 0.0132. The molecule has 0 radical (unpaired) electrons. The highest BCUT2D eigenvalue weighted by Gasteiger charge is 2.13. The summed E-state index contributed by atoms with van der Waals surface area (Å²) in [6.45, 7) is 7.93. The summed E-state index contributed by atoms with van der Waals surface area (Å²) in [4.78, 5) is 12.9. The lowest BCUT2D eigenvalue weighted by atomic mass is 10.2. The van der Waals surface area contributed by atoms with E-state index in [4.69, 9.17) is 5.11 Å². The molecular formula is C12H22N4O2S. The third-order valence-electron chi connectivity index (χ3n) is 3.25. The third-order valence-corrected chi connectivity index (χ3v) is 4.20. The molecule has 0 saturated carbocycles. The normalized spacial score (nSPS) is 12.9. The van der Waals surface area contributed by atoms with Gasteiger partial charge in [0.15, 0.2) is 5.16 Å².